The molecule has 0 radical (unpaired) electrons. The lowest BCUT2D eigenvalue weighted by molar-refractivity contribution is -0.132. The lowest BCUT2D eigenvalue weighted by atomic mass is 10.0. The highest BCUT2D eigenvalue weighted by Gasteiger charge is 2.28. The van der Waals surface area contributed by atoms with Gasteiger partial charge in [-0.05, 0) is 24.1 Å². The Morgan fingerprint density at radius 1 is 1.22 bits per heavy atom. The van der Waals surface area contributed by atoms with E-state index >= 15 is 0 Å². The van der Waals surface area contributed by atoms with Crippen molar-refractivity contribution in [3.05, 3.63) is 65.2 Å². The number of nitrogens with zero attached hydrogens (tertiary/aromatic N) is 2. The van der Waals surface area contributed by atoms with Gasteiger partial charge < -0.3 is 15.0 Å². The summed E-state index contributed by atoms with van der Waals surface area (Å²) < 4.78 is 5.54. The van der Waals surface area contributed by atoms with Gasteiger partial charge in [-0.25, -0.2) is 0 Å². The predicted molar refractivity (Wildman–Crippen MR) is 108 cm³/mol. The molecular formula is C22H29N3O2. The number of amides is 1. The monoisotopic (exact) mass is 367 g/mol. The van der Waals surface area contributed by atoms with E-state index in [1.807, 2.05) is 42.3 Å². The number of rotatable bonds is 6. The van der Waals surface area contributed by atoms with Crippen LogP contribution in [0.5, 0.6) is 5.75 Å². The first-order valence-electron chi connectivity index (χ1n) is 9.46. The zero-order valence-electron chi connectivity index (χ0n) is 16.4. The average molecular weight is 367 g/mol. The summed E-state index contributed by atoms with van der Waals surface area (Å²) in [4.78, 5) is 17.0. The Balaban J connectivity index is 1.70. The number of hydrogen-bond acceptors (Lipinski definition) is 4. The van der Waals surface area contributed by atoms with Crippen LogP contribution in [0.1, 0.15) is 22.7 Å². The maximum absolute atomic E-state index is 12.9. The first-order valence-corrected chi connectivity index (χ1v) is 9.46. The van der Waals surface area contributed by atoms with Crippen molar-refractivity contribution in [1.29, 1.82) is 0 Å². The van der Waals surface area contributed by atoms with Gasteiger partial charge in [-0.2, -0.15) is 0 Å². The first kappa shape index (κ1) is 19.4. The number of carbonyl (C=O) groups is 1. The first-order chi connectivity index (χ1) is 13.1. The summed E-state index contributed by atoms with van der Waals surface area (Å²) in [6, 6.07) is 16.4. The highest BCUT2D eigenvalue weighted by molar-refractivity contribution is 5.78. The Morgan fingerprint density at radius 3 is 2.74 bits per heavy atom. The fourth-order valence-corrected chi connectivity index (χ4v) is 3.61. The van der Waals surface area contributed by atoms with Crippen molar-refractivity contribution in [3.8, 4) is 5.75 Å². The fraction of sp³-hybridized carbons (Fsp3) is 0.409. The molecule has 0 aromatic heterocycles. The minimum atomic E-state index is 0.130. The van der Waals surface area contributed by atoms with E-state index in [2.05, 4.69) is 35.3 Å². The molecule has 0 saturated carbocycles. The lowest BCUT2D eigenvalue weighted by Gasteiger charge is -2.37. The molecule has 1 aliphatic heterocycles. The van der Waals surface area contributed by atoms with Gasteiger partial charge in [0.25, 0.3) is 0 Å². The van der Waals surface area contributed by atoms with E-state index in [0.717, 1.165) is 30.9 Å². The second kappa shape index (κ2) is 9.02. The number of likely N-dealkylation sites (N-methyl/N-ethyl adjacent to an activating group) is 1. The Labute approximate surface area is 161 Å². The summed E-state index contributed by atoms with van der Waals surface area (Å²) in [5.74, 6) is 1.01. The van der Waals surface area contributed by atoms with Gasteiger partial charge in [0, 0.05) is 38.8 Å². The largest absolute Gasteiger partial charge is 0.496 e. The van der Waals surface area contributed by atoms with E-state index in [0.29, 0.717) is 13.1 Å². The average Bonchev–Trinajstić information content (AvgIpc) is 2.70. The van der Waals surface area contributed by atoms with Crippen molar-refractivity contribution < 1.29 is 9.53 Å². The number of aryl methyl sites for hydroxylation is 1. The number of nitrogens with one attached hydrogen (secondary N) is 1. The third kappa shape index (κ3) is 4.67. The van der Waals surface area contributed by atoms with E-state index in [4.69, 9.17) is 4.74 Å². The summed E-state index contributed by atoms with van der Waals surface area (Å²) >= 11 is 0. The Morgan fingerprint density at radius 2 is 1.96 bits per heavy atom. The van der Waals surface area contributed by atoms with Crippen LogP contribution in [0.15, 0.2) is 48.5 Å². The normalized spacial score (nSPS) is 17.5. The van der Waals surface area contributed by atoms with Crippen molar-refractivity contribution in [2.24, 2.45) is 0 Å². The maximum atomic E-state index is 12.9. The molecule has 1 atom stereocenters. The zero-order valence-corrected chi connectivity index (χ0v) is 16.4. The molecule has 1 heterocycles. The highest BCUT2D eigenvalue weighted by atomic mass is 16.5. The summed E-state index contributed by atoms with van der Waals surface area (Å²) in [5.41, 5.74) is 3.53. The molecule has 144 valence electrons. The minimum Gasteiger partial charge on any atom is -0.496 e. The number of carbonyl (C=O) groups excluding carboxylic acids is 1. The number of methoxy groups -OCH3 is 1. The van der Waals surface area contributed by atoms with Crippen molar-refractivity contribution in [2.75, 3.05) is 40.3 Å². The van der Waals surface area contributed by atoms with E-state index < -0.39 is 0 Å². The Hall–Kier alpha value is -2.37. The Bertz CT molecular complexity index is 778. The number of hydrogen-bond donors (Lipinski definition) is 1. The standard InChI is InChI=1S/C22H29N3O2/c1-17-8-4-5-9-18(17)15-24(2)22(26)16-25-13-12-23-14-20(25)19-10-6-7-11-21(19)27-3/h4-11,20,23H,12-16H2,1-3H3. The van der Waals surface area contributed by atoms with Gasteiger partial charge in [-0.15, -0.1) is 0 Å². The highest BCUT2D eigenvalue weighted by Crippen LogP contribution is 2.30. The number of benzene rings is 2. The van der Waals surface area contributed by atoms with Gasteiger partial charge >= 0.3 is 0 Å². The van der Waals surface area contributed by atoms with Crippen LogP contribution in [-0.2, 0) is 11.3 Å². The van der Waals surface area contributed by atoms with Gasteiger partial charge in [-0.3, -0.25) is 9.69 Å². The van der Waals surface area contributed by atoms with Crippen molar-refractivity contribution >= 4 is 5.91 Å². The molecule has 5 nitrogen and oxygen atoms in total. The van der Waals surface area contributed by atoms with Crippen LogP contribution in [0.3, 0.4) is 0 Å². The molecule has 1 unspecified atom stereocenters. The Kier molecular flexibility index (Phi) is 6.48. The minimum absolute atomic E-state index is 0.130. The zero-order chi connectivity index (χ0) is 19.2. The lowest BCUT2D eigenvalue weighted by Crippen LogP contribution is -2.49. The summed E-state index contributed by atoms with van der Waals surface area (Å²) in [6.45, 7) is 5.67. The number of ether oxygens (including phenoxy) is 1. The molecule has 0 spiro atoms. The SMILES string of the molecule is COc1ccccc1C1CNCCN1CC(=O)N(C)Cc1ccccc1C. The number of piperazine rings is 1. The molecule has 0 bridgehead atoms. The summed E-state index contributed by atoms with van der Waals surface area (Å²) in [6.07, 6.45) is 0. The molecule has 27 heavy (non-hydrogen) atoms. The molecule has 1 saturated heterocycles. The van der Waals surface area contributed by atoms with E-state index in [1.165, 1.54) is 11.1 Å². The molecule has 1 aliphatic rings. The fourth-order valence-electron chi connectivity index (χ4n) is 3.61. The van der Waals surface area contributed by atoms with Gasteiger partial charge in [0.05, 0.1) is 19.7 Å². The molecule has 5 heteroatoms. The van der Waals surface area contributed by atoms with Gasteiger partial charge in [0.2, 0.25) is 5.91 Å². The van der Waals surface area contributed by atoms with Crippen molar-refractivity contribution in [3.63, 3.8) is 0 Å². The van der Waals surface area contributed by atoms with Crippen LogP contribution in [0, 0.1) is 6.92 Å². The molecule has 3 rings (SSSR count). The van der Waals surface area contributed by atoms with E-state index in [9.17, 15) is 4.79 Å². The van der Waals surface area contributed by atoms with Crippen LogP contribution in [-0.4, -0.2) is 56.0 Å². The van der Waals surface area contributed by atoms with Crippen molar-refractivity contribution in [1.82, 2.24) is 15.1 Å². The van der Waals surface area contributed by atoms with Crippen molar-refractivity contribution in [2.45, 2.75) is 19.5 Å². The van der Waals surface area contributed by atoms with Gasteiger partial charge in [-0.1, -0.05) is 42.5 Å². The quantitative estimate of drug-likeness (QED) is 0.852. The molecule has 0 aliphatic carbocycles. The smallest absolute Gasteiger partial charge is 0.236 e. The van der Waals surface area contributed by atoms with E-state index in [1.54, 1.807) is 7.11 Å². The summed E-state index contributed by atoms with van der Waals surface area (Å²) in [5, 5.41) is 3.44. The third-order valence-electron chi connectivity index (χ3n) is 5.29. The molecule has 2 aromatic carbocycles. The molecule has 1 fully saturated rings. The second-order valence-electron chi connectivity index (χ2n) is 7.11. The second-order valence-corrected chi connectivity index (χ2v) is 7.11. The van der Waals surface area contributed by atoms with Gasteiger partial charge in [0.1, 0.15) is 5.75 Å². The topological polar surface area (TPSA) is 44.8 Å². The van der Waals surface area contributed by atoms with Crippen LogP contribution in [0.25, 0.3) is 0 Å². The van der Waals surface area contributed by atoms with E-state index in [-0.39, 0.29) is 11.9 Å². The van der Waals surface area contributed by atoms with Crippen LogP contribution < -0.4 is 10.1 Å². The molecule has 1 N–H and O–H groups in total. The maximum Gasteiger partial charge on any atom is 0.236 e. The predicted octanol–water partition coefficient (Wildman–Crippen LogP) is 2.61. The van der Waals surface area contributed by atoms with Crippen LogP contribution in [0.2, 0.25) is 0 Å². The summed E-state index contributed by atoms with van der Waals surface area (Å²) in [7, 11) is 3.58. The van der Waals surface area contributed by atoms with Gasteiger partial charge in [0.15, 0.2) is 0 Å². The molecule has 1 amide bonds. The number of para-hydroxylation sites is 1. The molecular weight excluding hydrogens is 338 g/mol. The van der Waals surface area contributed by atoms with Crippen LogP contribution >= 0.6 is 0 Å². The molecule has 2 aromatic rings. The van der Waals surface area contributed by atoms with Crippen LogP contribution in [0.4, 0.5) is 0 Å². The third-order valence-corrected chi connectivity index (χ3v) is 5.29.